The van der Waals surface area contributed by atoms with Crippen LogP contribution in [-0.4, -0.2) is 38.7 Å². The van der Waals surface area contributed by atoms with Gasteiger partial charge in [0.25, 0.3) is 0 Å². The van der Waals surface area contributed by atoms with Crippen LogP contribution in [0.5, 0.6) is 0 Å². The highest BCUT2D eigenvalue weighted by Crippen LogP contribution is 2.52. The van der Waals surface area contributed by atoms with Crippen molar-refractivity contribution in [3.05, 3.63) is 12.2 Å². The Morgan fingerprint density at radius 2 is 1.81 bits per heavy atom. The molecule has 5 nitrogen and oxygen atoms in total. The molecular formula is C22H34N4O. The zero-order valence-electron chi connectivity index (χ0n) is 16.6. The summed E-state index contributed by atoms with van der Waals surface area (Å²) < 4.78 is 2.32. The molecule has 0 N–H and O–H groups in total. The summed E-state index contributed by atoms with van der Waals surface area (Å²) in [5.74, 6) is 3.41. The molecule has 1 saturated heterocycles. The van der Waals surface area contributed by atoms with Gasteiger partial charge < -0.3 is 9.47 Å². The minimum atomic E-state index is 0.248. The van der Waals surface area contributed by atoms with Gasteiger partial charge in [0.1, 0.15) is 12.2 Å². The molecule has 4 aliphatic rings. The van der Waals surface area contributed by atoms with Crippen molar-refractivity contribution in [2.24, 2.45) is 17.3 Å². The quantitative estimate of drug-likeness (QED) is 0.782. The molecule has 27 heavy (non-hydrogen) atoms. The Hall–Kier alpha value is -1.39. The molecule has 4 fully saturated rings. The van der Waals surface area contributed by atoms with Gasteiger partial charge in [-0.1, -0.05) is 32.1 Å². The lowest BCUT2D eigenvalue weighted by atomic mass is 9.67. The second-order valence-corrected chi connectivity index (χ2v) is 9.89. The van der Waals surface area contributed by atoms with Gasteiger partial charge in [0.15, 0.2) is 0 Å². The molecule has 2 heterocycles. The van der Waals surface area contributed by atoms with Gasteiger partial charge in [-0.15, -0.1) is 10.2 Å². The first-order valence-corrected chi connectivity index (χ1v) is 11.4. The summed E-state index contributed by atoms with van der Waals surface area (Å²) in [4.78, 5) is 15.3. The van der Waals surface area contributed by atoms with Crippen molar-refractivity contribution < 1.29 is 4.79 Å². The van der Waals surface area contributed by atoms with Gasteiger partial charge in [-0.3, -0.25) is 4.79 Å². The van der Waals surface area contributed by atoms with Crippen LogP contribution < -0.4 is 0 Å². The third kappa shape index (κ3) is 3.54. The first-order chi connectivity index (χ1) is 13.2. The van der Waals surface area contributed by atoms with Crippen LogP contribution in [0.2, 0.25) is 0 Å². The van der Waals surface area contributed by atoms with E-state index < -0.39 is 0 Å². The number of nitrogens with zero attached hydrogens (tertiary/aromatic N) is 4. The normalized spacial score (nSPS) is 28.3. The van der Waals surface area contributed by atoms with E-state index in [-0.39, 0.29) is 5.41 Å². The van der Waals surface area contributed by atoms with Crippen LogP contribution in [-0.2, 0) is 11.3 Å². The van der Waals surface area contributed by atoms with E-state index in [0.717, 1.165) is 32.0 Å². The predicted molar refractivity (Wildman–Crippen MR) is 104 cm³/mol. The van der Waals surface area contributed by atoms with Gasteiger partial charge in [-0.2, -0.15) is 0 Å². The largest absolute Gasteiger partial charge is 0.341 e. The van der Waals surface area contributed by atoms with Crippen LogP contribution in [0, 0.1) is 17.3 Å². The topological polar surface area (TPSA) is 51.0 Å². The van der Waals surface area contributed by atoms with Gasteiger partial charge in [0, 0.05) is 32.0 Å². The Morgan fingerprint density at radius 1 is 1.04 bits per heavy atom. The van der Waals surface area contributed by atoms with Crippen molar-refractivity contribution in [1.29, 1.82) is 0 Å². The van der Waals surface area contributed by atoms with Crippen molar-refractivity contribution in [1.82, 2.24) is 19.7 Å². The fourth-order valence-corrected chi connectivity index (χ4v) is 6.12. The number of amides is 1. The predicted octanol–water partition coefficient (Wildman–Crippen LogP) is 4.14. The molecule has 3 aliphatic carbocycles. The lowest BCUT2D eigenvalue weighted by Crippen LogP contribution is -2.35. The van der Waals surface area contributed by atoms with Crippen LogP contribution >= 0.6 is 0 Å². The van der Waals surface area contributed by atoms with E-state index in [4.69, 9.17) is 0 Å². The first kappa shape index (κ1) is 17.7. The lowest BCUT2D eigenvalue weighted by molar-refractivity contribution is -0.131. The Kier molecular flexibility index (Phi) is 4.73. The van der Waals surface area contributed by atoms with Gasteiger partial charge in [-0.05, 0) is 55.8 Å². The molecule has 0 radical (unpaired) electrons. The van der Waals surface area contributed by atoms with Crippen molar-refractivity contribution in [3.8, 4) is 0 Å². The van der Waals surface area contributed by atoms with Gasteiger partial charge >= 0.3 is 0 Å². The number of carbonyl (C=O) groups is 1. The second-order valence-electron chi connectivity index (χ2n) is 9.89. The first-order valence-electron chi connectivity index (χ1n) is 11.4. The molecule has 1 unspecified atom stereocenters. The average molecular weight is 371 g/mol. The van der Waals surface area contributed by atoms with E-state index in [0.29, 0.717) is 17.7 Å². The SMILES string of the molecule is O=C(CC1CCCC1)N1CC(c2nncn2CC2CC2)C2(CCCCC2)C1. The highest BCUT2D eigenvalue weighted by Gasteiger charge is 2.50. The maximum absolute atomic E-state index is 13.1. The van der Waals surface area contributed by atoms with Crippen LogP contribution in [0.3, 0.4) is 0 Å². The summed E-state index contributed by atoms with van der Waals surface area (Å²) in [7, 11) is 0. The maximum atomic E-state index is 13.1. The van der Waals surface area contributed by atoms with Gasteiger partial charge in [0.05, 0.1) is 0 Å². The fourth-order valence-electron chi connectivity index (χ4n) is 6.12. The maximum Gasteiger partial charge on any atom is 0.222 e. The van der Waals surface area contributed by atoms with E-state index in [9.17, 15) is 4.79 Å². The number of likely N-dealkylation sites (tertiary alicyclic amines) is 1. The number of carbonyl (C=O) groups excluding carboxylic acids is 1. The molecule has 1 aromatic heterocycles. The minimum Gasteiger partial charge on any atom is -0.341 e. The third-order valence-corrected chi connectivity index (χ3v) is 7.90. The number of rotatable bonds is 5. The molecule has 1 spiro atoms. The van der Waals surface area contributed by atoms with Crippen molar-refractivity contribution in [2.45, 2.75) is 89.5 Å². The summed E-state index contributed by atoms with van der Waals surface area (Å²) in [6.07, 6.45) is 17.0. The average Bonchev–Trinajstić information content (AvgIpc) is 3.05. The second kappa shape index (κ2) is 7.21. The molecule has 148 valence electrons. The summed E-state index contributed by atoms with van der Waals surface area (Å²) in [6, 6.07) is 0. The van der Waals surface area contributed by atoms with Crippen LogP contribution in [0.4, 0.5) is 0 Å². The van der Waals surface area contributed by atoms with E-state index in [1.807, 2.05) is 6.33 Å². The van der Waals surface area contributed by atoms with E-state index >= 15 is 0 Å². The molecule has 5 heteroatoms. The number of aromatic nitrogens is 3. The monoisotopic (exact) mass is 370 g/mol. The zero-order valence-corrected chi connectivity index (χ0v) is 16.6. The standard InChI is InChI=1S/C22H34N4O/c27-20(12-17-6-2-3-7-17)25-14-19(22(15-25)10-4-1-5-11-22)21-24-23-16-26(21)13-18-8-9-18/h16-19H,1-15H2. The zero-order chi connectivity index (χ0) is 18.3. The van der Waals surface area contributed by atoms with Crippen LogP contribution in [0.15, 0.2) is 6.33 Å². The summed E-state index contributed by atoms with van der Waals surface area (Å²) in [5.41, 5.74) is 0.248. The number of hydrogen-bond donors (Lipinski definition) is 0. The Bertz CT molecular complexity index is 668. The van der Waals surface area contributed by atoms with Crippen molar-refractivity contribution in [3.63, 3.8) is 0 Å². The molecule has 1 aliphatic heterocycles. The number of hydrogen-bond acceptors (Lipinski definition) is 3. The van der Waals surface area contributed by atoms with E-state index in [1.54, 1.807) is 0 Å². The molecular weight excluding hydrogens is 336 g/mol. The fraction of sp³-hybridized carbons (Fsp3) is 0.864. The van der Waals surface area contributed by atoms with Crippen molar-refractivity contribution in [2.75, 3.05) is 13.1 Å². The molecule has 1 aromatic rings. The molecule has 0 aromatic carbocycles. The summed E-state index contributed by atoms with van der Waals surface area (Å²) in [5, 5.41) is 8.89. The van der Waals surface area contributed by atoms with Gasteiger partial charge in [0.2, 0.25) is 5.91 Å². The molecule has 1 atom stereocenters. The van der Waals surface area contributed by atoms with Gasteiger partial charge in [-0.25, -0.2) is 0 Å². The molecule has 5 rings (SSSR count). The lowest BCUT2D eigenvalue weighted by Gasteiger charge is -2.37. The smallest absolute Gasteiger partial charge is 0.222 e. The molecule has 3 saturated carbocycles. The Balaban J connectivity index is 1.36. The minimum absolute atomic E-state index is 0.248. The third-order valence-electron chi connectivity index (χ3n) is 7.90. The van der Waals surface area contributed by atoms with E-state index in [2.05, 4.69) is 19.7 Å². The Morgan fingerprint density at radius 3 is 2.56 bits per heavy atom. The van der Waals surface area contributed by atoms with Crippen LogP contribution in [0.25, 0.3) is 0 Å². The Labute approximate surface area is 162 Å². The summed E-state index contributed by atoms with van der Waals surface area (Å²) in [6.45, 7) is 2.90. The van der Waals surface area contributed by atoms with E-state index in [1.165, 1.54) is 76.5 Å². The molecule has 0 bridgehead atoms. The highest BCUT2D eigenvalue weighted by molar-refractivity contribution is 5.77. The summed E-state index contributed by atoms with van der Waals surface area (Å²) >= 11 is 0. The van der Waals surface area contributed by atoms with Crippen molar-refractivity contribution >= 4 is 5.91 Å². The van der Waals surface area contributed by atoms with Crippen LogP contribution in [0.1, 0.15) is 88.8 Å². The molecule has 1 amide bonds. The highest BCUT2D eigenvalue weighted by atomic mass is 16.2.